The molecule has 11 heteroatoms. The van der Waals surface area contributed by atoms with E-state index in [1.54, 1.807) is 24.4 Å². The number of hydrogen-bond acceptors (Lipinski definition) is 7. The van der Waals surface area contributed by atoms with Gasteiger partial charge in [-0.25, -0.2) is 14.8 Å². The Morgan fingerprint density at radius 3 is 2.64 bits per heavy atom. The third-order valence-corrected chi connectivity index (χ3v) is 6.86. The van der Waals surface area contributed by atoms with Crippen molar-refractivity contribution >= 4 is 39.6 Å². The highest BCUT2D eigenvalue weighted by atomic mass is 32.1. The standard InChI is InChI=1S/C25H22F3N3O3S2/c1-14(2)9-20-21(15-5-3-6-17(10-15)34-13-25(26,27)28)30-24(36-20)31-22-18(23(32)33)11-16(12-29-22)19-7-4-8-35-19/h3-8,10-12,14H,9,13H2,1-2H3,(H,32,33)(H,29,30,31). The molecule has 3 aromatic heterocycles. The van der Waals surface area contributed by atoms with E-state index >= 15 is 0 Å². The van der Waals surface area contributed by atoms with Gasteiger partial charge in [-0.15, -0.1) is 22.7 Å². The van der Waals surface area contributed by atoms with Crippen molar-refractivity contribution in [2.24, 2.45) is 5.92 Å². The lowest BCUT2D eigenvalue weighted by Gasteiger charge is -2.10. The fraction of sp³-hybridized carbons (Fsp3) is 0.240. The van der Waals surface area contributed by atoms with Crippen molar-refractivity contribution in [3.8, 4) is 27.4 Å². The van der Waals surface area contributed by atoms with E-state index in [2.05, 4.69) is 15.3 Å². The van der Waals surface area contributed by atoms with Crippen LogP contribution >= 0.6 is 22.7 Å². The molecule has 0 aliphatic carbocycles. The minimum absolute atomic E-state index is 0.00519. The monoisotopic (exact) mass is 533 g/mol. The van der Waals surface area contributed by atoms with Crippen LogP contribution in [0.1, 0.15) is 29.1 Å². The number of thiazole rings is 1. The quantitative estimate of drug-likeness (QED) is 0.232. The molecule has 188 valence electrons. The maximum Gasteiger partial charge on any atom is 0.422 e. The van der Waals surface area contributed by atoms with Crippen molar-refractivity contribution in [3.63, 3.8) is 0 Å². The number of halogens is 3. The minimum Gasteiger partial charge on any atom is -0.484 e. The smallest absolute Gasteiger partial charge is 0.422 e. The van der Waals surface area contributed by atoms with Crippen LogP contribution in [0.4, 0.5) is 24.1 Å². The largest absolute Gasteiger partial charge is 0.484 e. The maximum absolute atomic E-state index is 12.6. The van der Waals surface area contributed by atoms with Crippen LogP contribution in [-0.4, -0.2) is 33.8 Å². The van der Waals surface area contributed by atoms with Crippen LogP contribution in [0.2, 0.25) is 0 Å². The SMILES string of the molecule is CC(C)Cc1sc(Nc2ncc(-c3cccs3)cc2C(=O)O)nc1-c1cccc(OCC(F)(F)F)c1. The predicted octanol–water partition coefficient (Wildman–Crippen LogP) is 7.52. The molecule has 0 spiro atoms. The Morgan fingerprint density at radius 1 is 1.17 bits per heavy atom. The lowest BCUT2D eigenvalue weighted by atomic mass is 10.0. The summed E-state index contributed by atoms with van der Waals surface area (Å²) in [6, 6.07) is 11.7. The number of carbonyl (C=O) groups is 1. The number of aromatic nitrogens is 2. The predicted molar refractivity (Wildman–Crippen MR) is 135 cm³/mol. The van der Waals surface area contributed by atoms with Crippen LogP contribution in [0.25, 0.3) is 21.7 Å². The van der Waals surface area contributed by atoms with E-state index in [1.165, 1.54) is 34.8 Å². The molecule has 0 atom stereocenters. The minimum atomic E-state index is -4.44. The van der Waals surface area contributed by atoms with E-state index in [0.717, 1.165) is 9.75 Å². The molecular formula is C25H22F3N3O3S2. The van der Waals surface area contributed by atoms with E-state index in [9.17, 15) is 23.1 Å². The molecule has 0 amide bonds. The van der Waals surface area contributed by atoms with E-state index < -0.39 is 18.8 Å². The molecule has 4 rings (SSSR count). The van der Waals surface area contributed by atoms with Crippen molar-refractivity contribution in [2.45, 2.75) is 26.4 Å². The lowest BCUT2D eigenvalue weighted by Crippen LogP contribution is -2.19. The Kier molecular flexibility index (Phi) is 7.60. The van der Waals surface area contributed by atoms with Crippen molar-refractivity contribution < 1.29 is 27.8 Å². The average molecular weight is 534 g/mol. The number of benzene rings is 1. The summed E-state index contributed by atoms with van der Waals surface area (Å²) < 4.78 is 42.7. The molecule has 0 unspecified atom stereocenters. The Bertz CT molecular complexity index is 1350. The summed E-state index contributed by atoms with van der Waals surface area (Å²) in [4.78, 5) is 22.8. The van der Waals surface area contributed by atoms with E-state index in [-0.39, 0.29) is 17.1 Å². The first-order chi connectivity index (χ1) is 17.1. The zero-order chi connectivity index (χ0) is 25.9. The number of thiophene rings is 1. The third-order valence-electron chi connectivity index (χ3n) is 4.95. The van der Waals surface area contributed by atoms with Crippen molar-refractivity contribution in [3.05, 3.63) is 64.5 Å². The van der Waals surface area contributed by atoms with Gasteiger partial charge in [0, 0.05) is 27.1 Å². The van der Waals surface area contributed by atoms with Crippen LogP contribution in [0.15, 0.2) is 54.0 Å². The number of carboxylic acid groups (broad SMARTS) is 1. The summed E-state index contributed by atoms with van der Waals surface area (Å²) in [5, 5.41) is 15.1. The normalized spacial score (nSPS) is 11.6. The number of ether oxygens (including phenoxy) is 1. The average Bonchev–Trinajstić information content (AvgIpc) is 3.48. The molecule has 0 radical (unpaired) electrons. The molecule has 0 bridgehead atoms. The summed E-state index contributed by atoms with van der Waals surface area (Å²) in [5.74, 6) is -0.597. The molecule has 0 aliphatic rings. The number of pyridine rings is 1. The van der Waals surface area contributed by atoms with Gasteiger partial charge >= 0.3 is 12.1 Å². The zero-order valence-corrected chi connectivity index (χ0v) is 20.9. The summed E-state index contributed by atoms with van der Waals surface area (Å²) >= 11 is 2.83. The van der Waals surface area contributed by atoms with Gasteiger partial charge in [-0.2, -0.15) is 13.2 Å². The number of carboxylic acids is 1. The second kappa shape index (κ2) is 10.7. The topological polar surface area (TPSA) is 84.3 Å². The Labute approximate surface area is 213 Å². The second-order valence-corrected chi connectivity index (χ2v) is 10.4. The number of nitrogens with zero attached hydrogens (tertiary/aromatic N) is 2. The maximum atomic E-state index is 12.6. The molecule has 0 saturated carbocycles. The van der Waals surface area contributed by atoms with Gasteiger partial charge < -0.3 is 15.2 Å². The molecule has 4 aromatic rings. The number of aromatic carboxylic acids is 1. The Morgan fingerprint density at radius 2 is 1.97 bits per heavy atom. The zero-order valence-electron chi connectivity index (χ0n) is 19.3. The van der Waals surface area contributed by atoms with Gasteiger partial charge in [-0.3, -0.25) is 0 Å². The molecular weight excluding hydrogens is 511 g/mol. The van der Waals surface area contributed by atoms with Gasteiger partial charge in [0.15, 0.2) is 11.7 Å². The number of hydrogen-bond donors (Lipinski definition) is 2. The molecule has 36 heavy (non-hydrogen) atoms. The van der Waals surface area contributed by atoms with Crippen LogP contribution in [-0.2, 0) is 6.42 Å². The lowest BCUT2D eigenvalue weighted by molar-refractivity contribution is -0.153. The molecule has 6 nitrogen and oxygen atoms in total. The van der Waals surface area contributed by atoms with E-state index in [4.69, 9.17) is 4.74 Å². The van der Waals surface area contributed by atoms with Gasteiger partial charge in [0.1, 0.15) is 17.1 Å². The van der Waals surface area contributed by atoms with Gasteiger partial charge in [-0.05, 0) is 42.0 Å². The fourth-order valence-electron chi connectivity index (χ4n) is 3.44. The third kappa shape index (κ3) is 6.41. The first-order valence-electron chi connectivity index (χ1n) is 10.9. The van der Waals surface area contributed by atoms with E-state index in [0.29, 0.717) is 34.3 Å². The summed E-state index contributed by atoms with van der Waals surface area (Å²) in [7, 11) is 0. The Balaban J connectivity index is 1.66. The molecule has 0 saturated heterocycles. The molecule has 3 heterocycles. The molecule has 0 aliphatic heterocycles. The number of alkyl halides is 3. The van der Waals surface area contributed by atoms with Crippen molar-refractivity contribution in [1.29, 1.82) is 0 Å². The fourth-order valence-corrected chi connectivity index (χ4v) is 5.35. The van der Waals surface area contributed by atoms with Gasteiger partial charge in [0.05, 0.1) is 5.69 Å². The van der Waals surface area contributed by atoms with Crippen LogP contribution < -0.4 is 10.1 Å². The van der Waals surface area contributed by atoms with Crippen LogP contribution in [0.3, 0.4) is 0 Å². The highest BCUT2D eigenvalue weighted by molar-refractivity contribution is 7.16. The number of anilines is 2. The van der Waals surface area contributed by atoms with Crippen molar-refractivity contribution in [2.75, 3.05) is 11.9 Å². The number of nitrogens with one attached hydrogen (secondary N) is 1. The molecule has 2 N–H and O–H groups in total. The summed E-state index contributed by atoms with van der Waals surface area (Å²) in [5.41, 5.74) is 1.91. The van der Waals surface area contributed by atoms with Crippen molar-refractivity contribution in [1.82, 2.24) is 9.97 Å². The second-order valence-electron chi connectivity index (χ2n) is 8.35. The summed E-state index contributed by atoms with van der Waals surface area (Å²) in [6.45, 7) is 2.71. The molecule has 0 fully saturated rings. The summed E-state index contributed by atoms with van der Waals surface area (Å²) in [6.07, 6.45) is -2.16. The van der Waals surface area contributed by atoms with Crippen LogP contribution in [0, 0.1) is 5.92 Å². The van der Waals surface area contributed by atoms with E-state index in [1.807, 2.05) is 31.4 Å². The first-order valence-corrected chi connectivity index (χ1v) is 12.6. The van der Waals surface area contributed by atoms with Crippen LogP contribution in [0.5, 0.6) is 5.75 Å². The highest BCUT2D eigenvalue weighted by Gasteiger charge is 2.28. The van der Waals surface area contributed by atoms with Gasteiger partial charge in [-0.1, -0.05) is 32.0 Å². The first kappa shape index (κ1) is 25.6. The number of rotatable bonds is 9. The highest BCUT2D eigenvalue weighted by Crippen LogP contribution is 2.36. The molecule has 1 aromatic carbocycles. The van der Waals surface area contributed by atoms with Gasteiger partial charge in [0.25, 0.3) is 0 Å². The Hall–Kier alpha value is -3.44. The van der Waals surface area contributed by atoms with Gasteiger partial charge in [0.2, 0.25) is 0 Å².